The monoisotopic (exact) mass is 247 g/mol. The molecule has 1 amide bonds. The molecule has 6 heteroatoms. The third kappa shape index (κ3) is 1.62. The molecule has 0 saturated carbocycles. The van der Waals surface area contributed by atoms with Crippen LogP contribution < -0.4 is 5.32 Å². The van der Waals surface area contributed by atoms with Gasteiger partial charge < -0.3 is 5.32 Å². The molecule has 0 radical (unpaired) electrons. The highest BCUT2D eigenvalue weighted by Gasteiger charge is 2.24. The van der Waals surface area contributed by atoms with Crippen molar-refractivity contribution in [3.05, 3.63) is 42.0 Å². The van der Waals surface area contributed by atoms with E-state index in [1.54, 1.807) is 12.1 Å². The van der Waals surface area contributed by atoms with E-state index in [1.165, 1.54) is 6.20 Å². The summed E-state index contributed by atoms with van der Waals surface area (Å²) in [6.07, 6.45) is 1.54. The van der Waals surface area contributed by atoms with Gasteiger partial charge >= 0.3 is 0 Å². The molecule has 3 heterocycles. The highest BCUT2D eigenvalue weighted by atomic mass is 19.1. The number of hydrogen-bond donors (Lipinski definition) is 1. The zero-order chi connectivity index (χ0) is 12.7. The van der Waals surface area contributed by atoms with Crippen molar-refractivity contribution in [3.63, 3.8) is 0 Å². The lowest BCUT2D eigenvalue weighted by atomic mass is 10.0. The minimum absolute atomic E-state index is 0.0198. The fourth-order valence-corrected chi connectivity index (χ4v) is 1.99. The summed E-state index contributed by atoms with van der Waals surface area (Å²) in [7, 11) is 0. The maximum atomic E-state index is 13.8. The Kier molecular flexibility index (Phi) is 2.29. The summed E-state index contributed by atoms with van der Waals surface area (Å²) in [5, 5.41) is 2.45. The second kappa shape index (κ2) is 3.83. The Morgan fingerprint density at radius 1 is 1.33 bits per heavy atom. The molecule has 0 aromatic carbocycles. The van der Waals surface area contributed by atoms with Crippen LogP contribution >= 0.6 is 0 Å². The number of pyridine rings is 2. The van der Waals surface area contributed by atoms with Gasteiger partial charge in [0.1, 0.15) is 0 Å². The first-order valence-corrected chi connectivity index (χ1v) is 5.25. The summed E-state index contributed by atoms with van der Waals surface area (Å²) in [6, 6.07) is 4.25. The molecule has 0 saturated heterocycles. The molecule has 2 aromatic rings. The van der Waals surface area contributed by atoms with Gasteiger partial charge in [-0.1, -0.05) is 6.07 Å². The van der Waals surface area contributed by atoms with Crippen LogP contribution in [0.4, 0.5) is 14.5 Å². The van der Waals surface area contributed by atoms with Crippen LogP contribution in [0.15, 0.2) is 24.4 Å². The Bertz CT molecular complexity index is 658. The number of halogens is 2. The van der Waals surface area contributed by atoms with E-state index < -0.39 is 11.9 Å². The maximum Gasteiger partial charge on any atom is 0.230 e. The number of amides is 1. The van der Waals surface area contributed by atoms with E-state index in [0.29, 0.717) is 11.3 Å². The van der Waals surface area contributed by atoms with Crippen LogP contribution in [0, 0.1) is 11.9 Å². The summed E-state index contributed by atoms with van der Waals surface area (Å²) in [5.74, 6) is -2.29. The van der Waals surface area contributed by atoms with Gasteiger partial charge in [0.15, 0.2) is 0 Å². The second-order valence-corrected chi connectivity index (χ2v) is 3.88. The van der Waals surface area contributed by atoms with Crippen LogP contribution in [0.5, 0.6) is 0 Å². The minimum atomic E-state index is -0.973. The smallest absolute Gasteiger partial charge is 0.230 e. The number of fused-ring (bicyclic) bond motifs is 3. The first-order chi connectivity index (χ1) is 8.65. The Morgan fingerprint density at radius 2 is 2.17 bits per heavy atom. The lowest BCUT2D eigenvalue weighted by Crippen LogP contribution is -2.13. The van der Waals surface area contributed by atoms with Crippen LogP contribution in [0.25, 0.3) is 11.1 Å². The molecule has 4 nitrogen and oxygen atoms in total. The van der Waals surface area contributed by atoms with E-state index >= 15 is 0 Å². The first-order valence-electron chi connectivity index (χ1n) is 5.25. The molecule has 1 N–H and O–H groups in total. The van der Waals surface area contributed by atoms with Crippen molar-refractivity contribution in [2.24, 2.45) is 0 Å². The number of nitrogens with zero attached hydrogens (tertiary/aromatic N) is 2. The fraction of sp³-hybridized carbons (Fsp3) is 0.0833. The van der Waals surface area contributed by atoms with Gasteiger partial charge in [-0.25, -0.2) is 0 Å². The number of rotatable bonds is 0. The van der Waals surface area contributed by atoms with Gasteiger partial charge in [0, 0.05) is 17.8 Å². The summed E-state index contributed by atoms with van der Waals surface area (Å²) in [6.45, 7) is 0. The van der Waals surface area contributed by atoms with E-state index in [-0.39, 0.29) is 23.6 Å². The van der Waals surface area contributed by atoms with E-state index in [0.717, 1.165) is 6.07 Å². The zero-order valence-corrected chi connectivity index (χ0v) is 9.08. The van der Waals surface area contributed by atoms with Gasteiger partial charge in [-0.15, -0.1) is 0 Å². The molecule has 0 unspecified atom stereocenters. The number of anilines is 1. The largest absolute Gasteiger partial charge is 0.325 e. The molecular weight excluding hydrogens is 240 g/mol. The standard InChI is InChI=1S/C12H7F2N3O/c13-9-4-8-11(12(14)17-9)6-2-1-3-15-7(6)5-10(18)16-8/h1-4H,5H2,(H,16,18). The molecule has 18 heavy (non-hydrogen) atoms. The summed E-state index contributed by atoms with van der Waals surface area (Å²) in [4.78, 5) is 18.8. The number of aromatic nitrogens is 2. The highest BCUT2D eigenvalue weighted by molar-refractivity contribution is 6.00. The lowest BCUT2D eigenvalue weighted by molar-refractivity contribution is -0.115. The van der Waals surface area contributed by atoms with Crippen molar-refractivity contribution in [2.75, 3.05) is 5.32 Å². The van der Waals surface area contributed by atoms with E-state index in [2.05, 4.69) is 15.3 Å². The van der Waals surface area contributed by atoms with Gasteiger partial charge in [-0.2, -0.15) is 13.8 Å². The molecule has 0 fully saturated rings. The van der Waals surface area contributed by atoms with E-state index in [9.17, 15) is 13.6 Å². The van der Waals surface area contributed by atoms with Gasteiger partial charge in [0.25, 0.3) is 0 Å². The average molecular weight is 247 g/mol. The summed E-state index contributed by atoms with van der Waals surface area (Å²) >= 11 is 0. The molecule has 0 atom stereocenters. The second-order valence-electron chi connectivity index (χ2n) is 3.88. The van der Waals surface area contributed by atoms with Crippen molar-refractivity contribution >= 4 is 11.6 Å². The maximum absolute atomic E-state index is 13.8. The van der Waals surface area contributed by atoms with Crippen molar-refractivity contribution in [2.45, 2.75) is 6.42 Å². The number of carbonyl (C=O) groups excluding carboxylic acids is 1. The first kappa shape index (κ1) is 10.8. The molecule has 1 aliphatic rings. The normalized spacial score (nSPS) is 13.3. The van der Waals surface area contributed by atoms with Crippen molar-refractivity contribution in [3.8, 4) is 11.1 Å². The van der Waals surface area contributed by atoms with Crippen molar-refractivity contribution in [1.29, 1.82) is 0 Å². The number of nitrogens with one attached hydrogen (secondary N) is 1. The topological polar surface area (TPSA) is 54.9 Å². The molecule has 0 spiro atoms. The number of carbonyl (C=O) groups is 1. The molecule has 1 aliphatic heterocycles. The van der Waals surface area contributed by atoms with Crippen molar-refractivity contribution in [1.82, 2.24) is 9.97 Å². The molecule has 3 rings (SSSR count). The third-order valence-corrected chi connectivity index (χ3v) is 2.71. The Hall–Kier alpha value is -2.37. The lowest BCUT2D eigenvalue weighted by Gasteiger charge is -2.08. The predicted molar refractivity (Wildman–Crippen MR) is 59.7 cm³/mol. The van der Waals surface area contributed by atoms with E-state index in [4.69, 9.17) is 0 Å². The molecule has 0 aliphatic carbocycles. The molecule has 90 valence electrons. The summed E-state index contributed by atoms with van der Waals surface area (Å²) in [5.41, 5.74) is 1.05. The van der Waals surface area contributed by atoms with Crippen LogP contribution in [0.3, 0.4) is 0 Å². The van der Waals surface area contributed by atoms with Crippen molar-refractivity contribution < 1.29 is 13.6 Å². The fourth-order valence-electron chi connectivity index (χ4n) is 1.99. The quantitative estimate of drug-likeness (QED) is 0.723. The van der Waals surface area contributed by atoms with Gasteiger partial charge in [-0.3, -0.25) is 9.78 Å². The minimum Gasteiger partial charge on any atom is -0.325 e. The molecule has 0 bridgehead atoms. The Balaban J connectivity index is 2.35. The SMILES string of the molecule is O=C1Cc2ncccc2-c2c(cc(F)nc2F)N1. The van der Waals surface area contributed by atoms with Gasteiger partial charge in [0.05, 0.1) is 23.4 Å². The highest BCUT2D eigenvalue weighted by Crippen LogP contribution is 2.34. The molecular formula is C12H7F2N3O. The summed E-state index contributed by atoms with van der Waals surface area (Å²) < 4.78 is 26.9. The Morgan fingerprint density at radius 3 is 3.00 bits per heavy atom. The van der Waals surface area contributed by atoms with E-state index in [1.807, 2.05) is 0 Å². The van der Waals surface area contributed by atoms with Crippen LogP contribution in [-0.4, -0.2) is 15.9 Å². The van der Waals surface area contributed by atoms with Gasteiger partial charge in [-0.05, 0) is 6.07 Å². The van der Waals surface area contributed by atoms with Crippen LogP contribution in [-0.2, 0) is 11.2 Å². The van der Waals surface area contributed by atoms with Crippen LogP contribution in [0.2, 0.25) is 0 Å². The average Bonchev–Trinajstić information content (AvgIpc) is 2.43. The molecule has 2 aromatic heterocycles. The third-order valence-electron chi connectivity index (χ3n) is 2.71. The Labute approximate surface area is 101 Å². The van der Waals surface area contributed by atoms with Crippen LogP contribution in [0.1, 0.15) is 5.69 Å². The zero-order valence-electron chi connectivity index (χ0n) is 9.08. The number of hydrogen-bond acceptors (Lipinski definition) is 3. The predicted octanol–water partition coefficient (Wildman–Crippen LogP) is 1.92. The van der Waals surface area contributed by atoms with Gasteiger partial charge in [0.2, 0.25) is 17.8 Å².